The summed E-state index contributed by atoms with van der Waals surface area (Å²) in [6.07, 6.45) is 3.15. The van der Waals surface area contributed by atoms with Gasteiger partial charge in [0.05, 0.1) is 5.56 Å². The van der Waals surface area contributed by atoms with Crippen molar-refractivity contribution in [3.63, 3.8) is 0 Å². The number of halogens is 1. The van der Waals surface area contributed by atoms with Gasteiger partial charge in [0, 0.05) is 28.6 Å². The zero-order chi connectivity index (χ0) is 16.1. The fourth-order valence-electron chi connectivity index (χ4n) is 2.00. The number of carbonyl (C=O) groups excluding carboxylic acids is 1. The summed E-state index contributed by atoms with van der Waals surface area (Å²) in [6, 6.07) is 18.4. The minimum absolute atomic E-state index is 0.226. The third-order valence-electron chi connectivity index (χ3n) is 3.04. The summed E-state index contributed by atoms with van der Waals surface area (Å²) >= 11 is 3.30. The first-order valence-electron chi connectivity index (χ1n) is 6.95. The highest BCUT2D eigenvalue weighted by atomic mass is 79.9. The van der Waals surface area contributed by atoms with Crippen molar-refractivity contribution in [2.75, 3.05) is 5.32 Å². The quantitative estimate of drug-likeness (QED) is 0.713. The summed E-state index contributed by atoms with van der Waals surface area (Å²) in [7, 11) is 0. The molecular weight excluding hydrogens is 356 g/mol. The summed E-state index contributed by atoms with van der Waals surface area (Å²) in [4.78, 5) is 16.2. The molecule has 0 aliphatic heterocycles. The molecule has 0 saturated heterocycles. The van der Waals surface area contributed by atoms with Crippen LogP contribution in [0, 0.1) is 0 Å². The van der Waals surface area contributed by atoms with Crippen LogP contribution in [0.3, 0.4) is 0 Å². The first kappa shape index (κ1) is 15.2. The monoisotopic (exact) mass is 368 g/mol. The summed E-state index contributed by atoms with van der Waals surface area (Å²) in [5.41, 5.74) is 1.14. The molecule has 0 fully saturated rings. The van der Waals surface area contributed by atoms with Gasteiger partial charge in [0.15, 0.2) is 0 Å². The average Bonchev–Trinajstić information content (AvgIpc) is 2.56. The molecule has 5 heteroatoms. The summed E-state index contributed by atoms with van der Waals surface area (Å²) in [5, 5.41) is 2.83. The molecule has 0 saturated carbocycles. The van der Waals surface area contributed by atoms with Gasteiger partial charge in [0.2, 0.25) is 0 Å². The molecule has 0 unspecified atom stereocenters. The Morgan fingerprint density at radius 3 is 2.52 bits per heavy atom. The molecule has 2 aromatic carbocycles. The maximum atomic E-state index is 12.2. The van der Waals surface area contributed by atoms with Crippen molar-refractivity contribution in [2.24, 2.45) is 0 Å². The van der Waals surface area contributed by atoms with Crippen molar-refractivity contribution in [1.82, 2.24) is 4.98 Å². The van der Waals surface area contributed by atoms with Crippen LogP contribution in [-0.2, 0) is 0 Å². The number of anilines is 1. The molecule has 0 atom stereocenters. The number of nitrogens with zero attached hydrogens (tertiary/aromatic N) is 1. The molecular formula is C18H13BrN2O2. The molecule has 3 rings (SSSR count). The summed E-state index contributed by atoms with van der Waals surface area (Å²) in [6.45, 7) is 0. The summed E-state index contributed by atoms with van der Waals surface area (Å²) < 4.78 is 6.51. The van der Waals surface area contributed by atoms with Gasteiger partial charge in [-0.1, -0.05) is 24.3 Å². The van der Waals surface area contributed by atoms with E-state index >= 15 is 0 Å². The van der Waals surface area contributed by atoms with E-state index in [1.54, 1.807) is 24.4 Å². The van der Waals surface area contributed by atoms with Crippen LogP contribution in [0.5, 0.6) is 11.5 Å². The Morgan fingerprint density at radius 1 is 0.957 bits per heavy atom. The third kappa shape index (κ3) is 4.17. The van der Waals surface area contributed by atoms with E-state index in [0.29, 0.717) is 17.0 Å². The molecule has 0 aliphatic rings. The third-order valence-corrected chi connectivity index (χ3v) is 3.47. The van der Waals surface area contributed by atoms with E-state index in [2.05, 4.69) is 26.2 Å². The number of aromatic nitrogens is 1. The van der Waals surface area contributed by atoms with Gasteiger partial charge in [-0.15, -0.1) is 0 Å². The lowest BCUT2D eigenvalue weighted by Gasteiger charge is -2.09. The molecule has 4 nitrogen and oxygen atoms in total. The van der Waals surface area contributed by atoms with Crippen LogP contribution in [0.4, 0.5) is 5.69 Å². The number of amides is 1. The molecule has 0 spiro atoms. The van der Waals surface area contributed by atoms with Gasteiger partial charge >= 0.3 is 0 Å². The molecule has 3 aromatic rings. The van der Waals surface area contributed by atoms with Gasteiger partial charge in [0.1, 0.15) is 11.5 Å². The summed E-state index contributed by atoms with van der Waals surface area (Å²) in [5.74, 6) is 1.17. The lowest BCUT2D eigenvalue weighted by Crippen LogP contribution is -2.12. The second-order valence-electron chi connectivity index (χ2n) is 4.79. The van der Waals surface area contributed by atoms with Crippen LogP contribution in [0.15, 0.2) is 77.5 Å². The zero-order valence-corrected chi connectivity index (χ0v) is 13.7. The van der Waals surface area contributed by atoms with Gasteiger partial charge in [0.25, 0.3) is 5.91 Å². The second kappa shape index (κ2) is 7.07. The van der Waals surface area contributed by atoms with E-state index in [4.69, 9.17) is 4.74 Å². The number of hydrogen-bond donors (Lipinski definition) is 1. The second-order valence-corrected chi connectivity index (χ2v) is 5.70. The van der Waals surface area contributed by atoms with Crippen LogP contribution < -0.4 is 10.1 Å². The van der Waals surface area contributed by atoms with E-state index in [0.717, 1.165) is 10.2 Å². The van der Waals surface area contributed by atoms with Gasteiger partial charge in [-0.3, -0.25) is 9.78 Å². The highest BCUT2D eigenvalue weighted by Crippen LogP contribution is 2.24. The molecule has 1 heterocycles. The molecule has 23 heavy (non-hydrogen) atoms. The van der Waals surface area contributed by atoms with Crippen LogP contribution in [0.2, 0.25) is 0 Å². The first-order valence-corrected chi connectivity index (χ1v) is 7.75. The van der Waals surface area contributed by atoms with E-state index in [1.807, 2.05) is 42.5 Å². The number of ether oxygens (including phenoxy) is 1. The number of nitrogens with one attached hydrogen (secondary N) is 1. The molecule has 0 bridgehead atoms. The number of rotatable bonds is 4. The maximum absolute atomic E-state index is 12.2. The van der Waals surface area contributed by atoms with Crippen molar-refractivity contribution in [1.29, 1.82) is 0 Å². The lowest BCUT2D eigenvalue weighted by molar-refractivity contribution is 0.102. The Hall–Kier alpha value is -2.66. The van der Waals surface area contributed by atoms with Crippen molar-refractivity contribution < 1.29 is 9.53 Å². The predicted octanol–water partition coefficient (Wildman–Crippen LogP) is 4.89. The van der Waals surface area contributed by atoms with E-state index in [-0.39, 0.29) is 5.91 Å². The number of hydrogen-bond acceptors (Lipinski definition) is 3. The SMILES string of the molecule is O=C(Nc1cccc(Oc2ccccc2)c1)c1cncc(Br)c1. The van der Waals surface area contributed by atoms with Crippen molar-refractivity contribution in [2.45, 2.75) is 0 Å². The molecule has 0 aliphatic carbocycles. The topological polar surface area (TPSA) is 51.2 Å². The van der Waals surface area contributed by atoms with Crippen molar-refractivity contribution >= 4 is 27.5 Å². The minimum Gasteiger partial charge on any atom is -0.457 e. The van der Waals surface area contributed by atoms with E-state index < -0.39 is 0 Å². The van der Waals surface area contributed by atoms with E-state index in [1.165, 1.54) is 6.20 Å². The Balaban J connectivity index is 1.74. The van der Waals surface area contributed by atoms with Crippen LogP contribution in [0.1, 0.15) is 10.4 Å². The smallest absolute Gasteiger partial charge is 0.257 e. The standard InChI is InChI=1S/C18H13BrN2O2/c19-14-9-13(11-20-12-14)18(22)21-15-5-4-8-17(10-15)23-16-6-2-1-3-7-16/h1-12H,(H,21,22). The van der Waals surface area contributed by atoms with Crippen molar-refractivity contribution in [3.8, 4) is 11.5 Å². The minimum atomic E-state index is -0.226. The fraction of sp³-hybridized carbons (Fsp3) is 0. The normalized spacial score (nSPS) is 10.1. The zero-order valence-electron chi connectivity index (χ0n) is 12.1. The highest BCUT2D eigenvalue weighted by Gasteiger charge is 2.08. The molecule has 1 amide bonds. The Kier molecular flexibility index (Phi) is 4.68. The van der Waals surface area contributed by atoms with Crippen molar-refractivity contribution in [3.05, 3.63) is 83.1 Å². The van der Waals surface area contributed by atoms with Gasteiger partial charge in [-0.05, 0) is 46.3 Å². The van der Waals surface area contributed by atoms with E-state index in [9.17, 15) is 4.79 Å². The number of pyridine rings is 1. The largest absolute Gasteiger partial charge is 0.457 e. The number of para-hydroxylation sites is 1. The number of benzene rings is 2. The maximum Gasteiger partial charge on any atom is 0.257 e. The predicted molar refractivity (Wildman–Crippen MR) is 92.8 cm³/mol. The Bertz CT molecular complexity index is 822. The first-order chi connectivity index (χ1) is 11.2. The molecule has 1 aromatic heterocycles. The lowest BCUT2D eigenvalue weighted by atomic mass is 10.2. The average molecular weight is 369 g/mol. The highest BCUT2D eigenvalue weighted by molar-refractivity contribution is 9.10. The van der Waals surface area contributed by atoms with Crippen LogP contribution in [-0.4, -0.2) is 10.9 Å². The molecule has 1 N–H and O–H groups in total. The fourth-order valence-corrected chi connectivity index (χ4v) is 2.37. The molecule has 114 valence electrons. The van der Waals surface area contributed by atoms with Gasteiger partial charge in [-0.25, -0.2) is 0 Å². The Morgan fingerprint density at radius 2 is 1.74 bits per heavy atom. The van der Waals surface area contributed by atoms with Crippen LogP contribution >= 0.6 is 15.9 Å². The van der Waals surface area contributed by atoms with Gasteiger partial charge in [-0.2, -0.15) is 0 Å². The number of carbonyl (C=O) groups is 1. The molecule has 0 radical (unpaired) electrons. The van der Waals surface area contributed by atoms with Gasteiger partial charge < -0.3 is 10.1 Å². The Labute approximate surface area is 142 Å². The van der Waals surface area contributed by atoms with Crippen LogP contribution in [0.25, 0.3) is 0 Å².